The summed E-state index contributed by atoms with van der Waals surface area (Å²) in [5.41, 5.74) is 4.85. The fraction of sp³-hybridized carbons (Fsp3) is 0.677. The number of aromatic hydroxyl groups is 1. The summed E-state index contributed by atoms with van der Waals surface area (Å²) >= 11 is 0. The Bertz CT molecular complexity index is 978. The van der Waals surface area contributed by atoms with Gasteiger partial charge < -0.3 is 31.1 Å². The molecule has 10 nitrogen and oxygen atoms in total. The number of primary amides is 1. The van der Waals surface area contributed by atoms with Crippen molar-refractivity contribution in [2.24, 2.45) is 5.73 Å². The van der Waals surface area contributed by atoms with Crippen molar-refractivity contribution in [2.45, 2.75) is 129 Å². The van der Waals surface area contributed by atoms with Crippen LogP contribution in [0.5, 0.6) is 5.75 Å². The van der Waals surface area contributed by atoms with Crippen LogP contribution in [0.2, 0.25) is 0 Å². The molecule has 0 saturated carbocycles. The summed E-state index contributed by atoms with van der Waals surface area (Å²) in [4.78, 5) is 53.8. The second-order valence-corrected chi connectivity index (χ2v) is 11.7. The van der Waals surface area contributed by atoms with Crippen LogP contribution in [0.1, 0.15) is 117 Å². The summed E-state index contributed by atoms with van der Waals surface area (Å²) in [5, 5.41) is 16.4. The van der Waals surface area contributed by atoms with E-state index in [-0.39, 0.29) is 36.7 Å². The van der Waals surface area contributed by atoms with Crippen molar-refractivity contribution in [1.29, 1.82) is 0 Å². The lowest BCUT2D eigenvalue weighted by molar-refractivity contribution is -0.143. The van der Waals surface area contributed by atoms with Crippen LogP contribution >= 0.6 is 0 Å². The third-order valence-electron chi connectivity index (χ3n) is 6.61. The van der Waals surface area contributed by atoms with Crippen LogP contribution in [0, 0.1) is 0 Å². The van der Waals surface area contributed by atoms with E-state index in [4.69, 9.17) is 10.5 Å². The molecule has 0 fully saturated rings. The van der Waals surface area contributed by atoms with Crippen molar-refractivity contribution in [3.8, 4) is 5.75 Å². The van der Waals surface area contributed by atoms with E-state index < -0.39 is 41.5 Å². The van der Waals surface area contributed by atoms with Gasteiger partial charge in [-0.25, -0.2) is 4.79 Å². The highest BCUT2D eigenvalue weighted by molar-refractivity contribution is 5.93. The largest absolute Gasteiger partial charge is 0.508 e. The lowest BCUT2D eigenvalue weighted by atomic mass is 9.99. The second kappa shape index (κ2) is 18.2. The number of amides is 4. The molecule has 0 saturated heterocycles. The topological polar surface area (TPSA) is 151 Å². The molecule has 10 heteroatoms. The molecule has 41 heavy (non-hydrogen) atoms. The molecule has 0 bridgehead atoms. The highest BCUT2D eigenvalue weighted by Crippen LogP contribution is 2.31. The van der Waals surface area contributed by atoms with Gasteiger partial charge in [0.1, 0.15) is 23.4 Å². The molecular weight excluding hydrogens is 524 g/mol. The minimum atomic E-state index is -1.17. The van der Waals surface area contributed by atoms with Crippen molar-refractivity contribution in [2.75, 3.05) is 6.54 Å². The van der Waals surface area contributed by atoms with Gasteiger partial charge in [0, 0.05) is 24.6 Å². The molecule has 0 heterocycles. The monoisotopic (exact) mass is 576 g/mol. The Labute approximate surface area is 245 Å². The van der Waals surface area contributed by atoms with Crippen LogP contribution in [-0.2, 0) is 19.1 Å². The normalized spacial score (nSPS) is 13.5. The molecule has 0 aliphatic carbocycles. The maximum absolute atomic E-state index is 14.2. The predicted octanol–water partition coefficient (Wildman–Crippen LogP) is 5.09. The third-order valence-corrected chi connectivity index (χ3v) is 6.61. The van der Waals surface area contributed by atoms with E-state index in [9.17, 15) is 24.3 Å². The number of hydrogen-bond donors (Lipinski definition) is 4. The number of carbonyl (C=O) groups is 4. The first-order valence-corrected chi connectivity index (χ1v) is 15.0. The molecule has 0 aliphatic heterocycles. The number of phenols is 1. The number of ether oxygens (including phenoxy) is 1. The van der Waals surface area contributed by atoms with E-state index in [1.165, 1.54) is 11.0 Å². The molecule has 3 atom stereocenters. The van der Waals surface area contributed by atoms with Crippen LogP contribution in [0.15, 0.2) is 24.3 Å². The van der Waals surface area contributed by atoms with Gasteiger partial charge in [0.2, 0.25) is 17.7 Å². The second-order valence-electron chi connectivity index (χ2n) is 11.7. The van der Waals surface area contributed by atoms with Gasteiger partial charge in [0.15, 0.2) is 0 Å². The van der Waals surface area contributed by atoms with Gasteiger partial charge >= 0.3 is 6.09 Å². The number of para-hydroxylation sites is 1. The molecule has 4 amide bonds. The highest BCUT2D eigenvalue weighted by Gasteiger charge is 2.37. The SMILES string of the molecule is CCCCCCCCN(C(=O)C(CCC(N)=O)NC(=O)OC(C)(C)C)C(C(=O)NC(C)CCC)c1ccccc1O. The average Bonchev–Trinajstić information content (AvgIpc) is 2.87. The van der Waals surface area contributed by atoms with Crippen molar-refractivity contribution in [1.82, 2.24) is 15.5 Å². The van der Waals surface area contributed by atoms with Crippen molar-refractivity contribution >= 4 is 23.8 Å². The standard InChI is InChI=1S/C31H52N4O6/c1-7-9-10-11-12-15-21-35(29(39)24(19-20-26(32)37)34-30(40)41-31(4,5)6)27(23-17-13-14-18-25(23)36)28(38)33-22(3)16-8-2/h13-14,17-18,22,24,27,36H,7-12,15-16,19-21H2,1-6H3,(H2,32,37)(H,33,38)(H,34,40). The molecule has 5 N–H and O–H groups in total. The number of rotatable bonds is 18. The fourth-order valence-electron chi connectivity index (χ4n) is 4.62. The van der Waals surface area contributed by atoms with E-state index in [1.807, 2.05) is 13.8 Å². The van der Waals surface area contributed by atoms with Crippen LogP contribution < -0.4 is 16.4 Å². The number of nitrogens with two attached hydrogens (primary N) is 1. The number of unbranched alkanes of at least 4 members (excludes halogenated alkanes) is 5. The Morgan fingerprint density at radius 2 is 1.59 bits per heavy atom. The van der Waals surface area contributed by atoms with E-state index in [2.05, 4.69) is 17.6 Å². The van der Waals surface area contributed by atoms with Crippen LogP contribution in [0.25, 0.3) is 0 Å². The average molecular weight is 577 g/mol. The minimum absolute atomic E-state index is 0.0677. The summed E-state index contributed by atoms with van der Waals surface area (Å²) < 4.78 is 5.38. The van der Waals surface area contributed by atoms with E-state index in [0.717, 1.165) is 44.9 Å². The Balaban J connectivity index is 3.50. The summed E-state index contributed by atoms with van der Waals surface area (Å²) in [6.07, 6.45) is 6.30. The van der Waals surface area contributed by atoms with Gasteiger partial charge in [-0.05, 0) is 53.0 Å². The van der Waals surface area contributed by atoms with Gasteiger partial charge in [0.05, 0.1) is 0 Å². The molecular formula is C31H52N4O6. The summed E-state index contributed by atoms with van der Waals surface area (Å²) in [5.74, 6) is -1.74. The molecule has 0 aromatic heterocycles. The molecule has 0 spiro atoms. The molecule has 3 unspecified atom stereocenters. The van der Waals surface area contributed by atoms with Crippen LogP contribution in [0.4, 0.5) is 4.79 Å². The number of hydrogen-bond acceptors (Lipinski definition) is 6. The Kier molecular flexibility index (Phi) is 15.9. The molecule has 0 radical (unpaired) electrons. The van der Waals surface area contributed by atoms with Crippen molar-refractivity contribution in [3.05, 3.63) is 29.8 Å². The molecule has 1 rings (SSSR count). The Morgan fingerprint density at radius 3 is 2.17 bits per heavy atom. The van der Waals surface area contributed by atoms with Gasteiger partial charge in [-0.2, -0.15) is 0 Å². The van der Waals surface area contributed by atoms with Gasteiger partial charge in [-0.1, -0.05) is 70.6 Å². The summed E-state index contributed by atoms with van der Waals surface area (Å²) in [7, 11) is 0. The van der Waals surface area contributed by atoms with Gasteiger partial charge in [-0.3, -0.25) is 14.4 Å². The lowest BCUT2D eigenvalue weighted by Gasteiger charge is -2.35. The Hall–Kier alpha value is -3.30. The highest BCUT2D eigenvalue weighted by atomic mass is 16.6. The van der Waals surface area contributed by atoms with Crippen molar-refractivity contribution in [3.63, 3.8) is 0 Å². The maximum atomic E-state index is 14.2. The van der Waals surface area contributed by atoms with E-state index in [1.54, 1.807) is 39.0 Å². The first-order chi connectivity index (χ1) is 19.3. The van der Waals surface area contributed by atoms with Gasteiger partial charge in [-0.15, -0.1) is 0 Å². The number of carbonyl (C=O) groups excluding carboxylic acids is 4. The Morgan fingerprint density at radius 1 is 0.951 bits per heavy atom. The molecule has 1 aromatic rings. The number of alkyl carbamates (subject to hydrolysis) is 1. The van der Waals surface area contributed by atoms with Crippen LogP contribution in [-0.4, -0.2) is 58.1 Å². The minimum Gasteiger partial charge on any atom is -0.508 e. The van der Waals surface area contributed by atoms with E-state index in [0.29, 0.717) is 6.42 Å². The molecule has 0 aliphatic rings. The van der Waals surface area contributed by atoms with Crippen molar-refractivity contribution < 1.29 is 29.0 Å². The zero-order valence-corrected chi connectivity index (χ0v) is 25.8. The maximum Gasteiger partial charge on any atom is 0.408 e. The zero-order chi connectivity index (χ0) is 31.0. The quantitative estimate of drug-likeness (QED) is 0.179. The zero-order valence-electron chi connectivity index (χ0n) is 25.8. The molecule has 232 valence electrons. The predicted molar refractivity (Wildman–Crippen MR) is 160 cm³/mol. The summed E-state index contributed by atoms with van der Waals surface area (Å²) in [6.45, 7) is 11.4. The number of nitrogens with zero attached hydrogens (tertiary/aromatic N) is 1. The van der Waals surface area contributed by atoms with E-state index >= 15 is 0 Å². The first kappa shape index (κ1) is 35.7. The third kappa shape index (κ3) is 13.7. The number of benzene rings is 1. The fourth-order valence-corrected chi connectivity index (χ4v) is 4.62. The molecule has 1 aromatic carbocycles. The lowest BCUT2D eigenvalue weighted by Crippen LogP contribution is -2.54. The number of phenolic OH excluding ortho intramolecular Hbond substituents is 1. The number of nitrogens with one attached hydrogen (secondary N) is 2. The smallest absolute Gasteiger partial charge is 0.408 e. The van der Waals surface area contributed by atoms with Gasteiger partial charge in [0.25, 0.3) is 0 Å². The summed E-state index contributed by atoms with van der Waals surface area (Å²) in [6, 6.07) is 3.95. The van der Waals surface area contributed by atoms with Crippen LogP contribution in [0.3, 0.4) is 0 Å². The first-order valence-electron chi connectivity index (χ1n) is 15.0.